The lowest BCUT2D eigenvalue weighted by Gasteiger charge is -2.19. The SMILES string of the molecule is OC(Cc1c(F)cccc1F)CC1CCCCCC1. The standard InChI is InChI=1S/C16H22F2O/c17-15-8-5-9-16(18)14(15)11-13(19)10-12-6-3-1-2-4-7-12/h5,8-9,12-13,19H,1-4,6-7,10-11H2. The second-order valence-electron chi connectivity index (χ2n) is 5.65. The molecular formula is C16H22F2O. The van der Waals surface area contributed by atoms with Crippen LogP contribution in [0, 0.1) is 17.6 Å². The van der Waals surface area contributed by atoms with Crippen molar-refractivity contribution in [3.05, 3.63) is 35.4 Å². The van der Waals surface area contributed by atoms with Gasteiger partial charge in [0.2, 0.25) is 0 Å². The summed E-state index contributed by atoms with van der Waals surface area (Å²) >= 11 is 0. The zero-order valence-corrected chi connectivity index (χ0v) is 11.2. The Labute approximate surface area is 113 Å². The van der Waals surface area contributed by atoms with E-state index in [1.54, 1.807) is 0 Å². The molecule has 1 saturated carbocycles. The maximum Gasteiger partial charge on any atom is 0.129 e. The third-order valence-corrected chi connectivity index (χ3v) is 4.08. The van der Waals surface area contributed by atoms with Crippen LogP contribution >= 0.6 is 0 Å². The van der Waals surface area contributed by atoms with Crippen LogP contribution in [0.1, 0.15) is 50.5 Å². The first-order valence-corrected chi connectivity index (χ1v) is 7.27. The summed E-state index contributed by atoms with van der Waals surface area (Å²) in [7, 11) is 0. The normalized spacial score (nSPS) is 19.1. The Morgan fingerprint density at radius 3 is 2.21 bits per heavy atom. The van der Waals surface area contributed by atoms with Gasteiger partial charge in [-0.25, -0.2) is 8.78 Å². The molecule has 1 aromatic carbocycles. The first-order chi connectivity index (χ1) is 9.16. The largest absolute Gasteiger partial charge is 0.393 e. The maximum absolute atomic E-state index is 13.5. The molecule has 0 radical (unpaired) electrons. The van der Waals surface area contributed by atoms with Crippen LogP contribution in [0.3, 0.4) is 0 Å². The van der Waals surface area contributed by atoms with Gasteiger partial charge in [0.05, 0.1) is 6.10 Å². The Bertz CT molecular complexity index is 377. The van der Waals surface area contributed by atoms with Gasteiger partial charge >= 0.3 is 0 Å². The molecule has 1 N–H and O–H groups in total. The molecule has 0 heterocycles. The molecule has 106 valence electrons. The summed E-state index contributed by atoms with van der Waals surface area (Å²) in [5.74, 6) is -0.604. The van der Waals surface area contributed by atoms with E-state index in [9.17, 15) is 13.9 Å². The van der Waals surface area contributed by atoms with Gasteiger partial charge in [-0.1, -0.05) is 44.6 Å². The Morgan fingerprint density at radius 1 is 1.05 bits per heavy atom. The van der Waals surface area contributed by atoms with Gasteiger partial charge in [-0.15, -0.1) is 0 Å². The summed E-state index contributed by atoms with van der Waals surface area (Å²) in [6.45, 7) is 0. The number of aliphatic hydroxyl groups is 1. The van der Waals surface area contributed by atoms with E-state index in [-0.39, 0.29) is 12.0 Å². The number of benzene rings is 1. The lowest BCUT2D eigenvalue weighted by Crippen LogP contribution is -2.17. The van der Waals surface area contributed by atoms with Crippen LogP contribution in [0.2, 0.25) is 0 Å². The molecular weight excluding hydrogens is 246 g/mol. The molecule has 1 fully saturated rings. The van der Waals surface area contributed by atoms with Crippen molar-refractivity contribution < 1.29 is 13.9 Å². The highest BCUT2D eigenvalue weighted by atomic mass is 19.1. The molecule has 2 rings (SSSR count). The van der Waals surface area contributed by atoms with E-state index in [4.69, 9.17) is 0 Å². The zero-order chi connectivity index (χ0) is 13.7. The van der Waals surface area contributed by atoms with E-state index in [1.807, 2.05) is 0 Å². The van der Waals surface area contributed by atoms with Crippen LogP contribution in [0.4, 0.5) is 8.78 Å². The van der Waals surface area contributed by atoms with E-state index in [1.165, 1.54) is 43.9 Å². The van der Waals surface area contributed by atoms with Gasteiger partial charge in [0.1, 0.15) is 11.6 Å². The number of aliphatic hydroxyl groups excluding tert-OH is 1. The highest BCUT2D eigenvalue weighted by Gasteiger charge is 2.19. The second-order valence-corrected chi connectivity index (χ2v) is 5.65. The Balaban J connectivity index is 1.91. The van der Waals surface area contributed by atoms with Gasteiger partial charge in [0, 0.05) is 12.0 Å². The molecule has 1 aliphatic rings. The summed E-state index contributed by atoms with van der Waals surface area (Å²) in [4.78, 5) is 0. The maximum atomic E-state index is 13.5. The molecule has 1 aromatic rings. The number of hydrogen-bond acceptors (Lipinski definition) is 1. The van der Waals surface area contributed by atoms with Crippen LogP contribution in [0.15, 0.2) is 18.2 Å². The minimum Gasteiger partial charge on any atom is -0.393 e. The minimum absolute atomic E-state index is 0.0172. The third-order valence-electron chi connectivity index (χ3n) is 4.08. The van der Waals surface area contributed by atoms with Crippen LogP contribution in [-0.2, 0) is 6.42 Å². The van der Waals surface area contributed by atoms with E-state index >= 15 is 0 Å². The van der Waals surface area contributed by atoms with Crippen LogP contribution in [-0.4, -0.2) is 11.2 Å². The lowest BCUT2D eigenvalue weighted by atomic mass is 9.91. The van der Waals surface area contributed by atoms with E-state index < -0.39 is 17.7 Å². The fraction of sp³-hybridized carbons (Fsp3) is 0.625. The summed E-state index contributed by atoms with van der Waals surface area (Å²) in [6, 6.07) is 3.85. The van der Waals surface area contributed by atoms with Gasteiger partial charge < -0.3 is 5.11 Å². The predicted molar refractivity (Wildman–Crippen MR) is 71.9 cm³/mol. The molecule has 1 atom stereocenters. The van der Waals surface area contributed by atoms with Gasteiger partial charge in [0.25, 0.3) is 0 Å². The van der Waals surface area contributed by atoms with Crippen molar-refractivity contribution in [2.75, 3.05) is 0 Å². The molecule has 3 heteroatoms. The van der Waals surface area contributed by atoms with Gasteiger partial charge in [-0.2, -0.15) is 0 Å². The monoisotopic (exact) mass is 268 g/mol. The average Bonchev–Trinajstić information content (AvgIpc) is 2.63. The van der Waals surface area contributed by atoms with Crippen molar-refractivity contribution in [1.29, 1.82) is 0 Å². The predicted octanol–water partition coefficient (Wildman–Crippen LogP) is 4.23. The zero-order valence-electron chi connectivity index (χ0n) is 11.2. The topological polar surface area (TPSA) is 20.2 Å². The summed E-state index contributed by atoms with van der Waals surface area (Å²) < 4.78 is 27.0. The summed E-state index contributed by atoms with van der Waals surface area (Å²) in [5, 5.41) is 10.1. The first-order valence-electron chi connectivity index (χ1n) is 7.27. The van der Waals surface area contributed by atoms with Crippen molar-refractivity contribution in [3.8, 4) is 0 Å². The minimum atomic E-state index is -0.644. The van der Waals surface area contributed by atoms with E-state index in [0.29, 0.717) is 12.3 Å². The van der Waals surface area contributed by atoms with Crippen LogP contribution in [0.5, 0.6) is 0 Å². The smallest absolute Gasteiger partial charge is 0.129 e. The highest BCUT2D eigenvalue weighted by Crippen LogP contribution is 2.27. The molecule has 0 amide bonds. The molecule has 19 heavy (non-hydrogen) atoms. The average molecular weight is 268 g/mol. The summed E-state index contributed by atoms with van der Waals surface area (Å²) in [5.41, 5.74) is 0.0172. The Morgan fingerprint density at radius 2 is 1.63 bits per heavy atom. The third kappa shape index (κ3) is 4.27. The second kappa shape index (κ2) is 6.99. The van der Waals surface area contributed by atoms with Crippen molar-refractivity contribution in [3.63, 3.8) is 0 Å². The molecule has 0 saturated heterocycles. The van der Waals surface area contributed by atoms with Gasteiger partial charge in [-0.3, -0.25) is 0 Å². The number of halogens is 2. The molecule has 1 unspecified atom stereocenters. The highest BCUT2D eigenvalue weighted by molar-refractivity contribution is 5.20. The Kier molecular flexibility index (Phi) is 5.32. The molecule has 1 nitrogen and oxygen atoms in total. The number of rotatable bonds is 4. The fourth-order valence-electron chi connectivity index (χ4n) is 3.03. The quantitative estimate of drug-likeness (QED) is 0.810. The molecule has 0 spiro atoms. The van der Waals surface area contributed by atoms with Crippen molar-refractivity contribution in [1.82, 2.24) is 0 Å². The van der Waals surface area contributed by atoms with Crippen molar-refractivity contribution in [2.45, 2.75) is 57.5 Å². The Hall–Kier alpha value is -0.960. The van der Waals surface area contributed by atoms with Gasteiger partial charge in [0.15, 0.2) is 0 Å². The fourth-order valence-corrected chi connectivity index (χ4v) is 3.03. The van der Waals surface area contributed by atoms with E-state index in [2.05, 4.69) is 0 Å². The summed E-state index contributed by atoms with van der Waals surface area (Å²) in [6.07, 6.45) is 7.34. The molecule has 0 bridgehead atoms. The van der Waals surface area contributed by atoms with Crippen molar-refractivity contribution >= 4 is 0 Å². The number of hydrogen-bond donors (Lipinski definition) is 1. The van der Waals surface area contributed by atoms with Crippen LogP contribution < -0.4 is 0 Å². The molecule has 0 aromatic heterocycles. The van der Waals surface area contributed by atoms with Gasteiger partial charge in [-0.05, 0) is 24.5 Å². The first kappa shape index (κ1) is 14.4. The molecule has 0 aliphatic heterocycles. The molecule has 1 aliphatic carbocycles. The lowest BCUT2D eigenvalue weighted by molar-refractivity contribution is 0.135. The van der Waals surface area contributed by atoms with Crippen LogP contribution in [0.25, 0.3) is 0 Å². The van der Waals surface area contributed by atoms with E-state index in [0.717, 1.165) is 12.8 Å². The van der Waals surface area contributed by atoms with Crippen molar-refractivity contribution in [2.24, 2.45) is 5.92 Å².